The highest BCUT2D eigenvalue weighted by atomic mass is 16.5. The van der Waals surface area contributed by atoms with Crippen molar-refractivity contribution in [2.75, 3.05) is 58.9 Å². The van der Waals surface area contributed by atoms with Gasteiger partial charge < -0.3 is 30.1 Å². The summed E-state index contributed by atoms with van der Waals surface area (Å²) in [7, 11) is 5.25. The Morgan fingerprint density at radius 3 is 2.53 bits per heavy atom. The van der Waals surface area contributed by atoms with Crippen LogP contribution in [0.2, 0.25) is 0 Å². The lowest BCUT2D eigenvalue weighted by molar-refractivity contribution is -0.146. The van der Waals surface area contributed by atoms with Gasteiger partial charge in [-0.25, -0.2) is 0 Å². The smallest absolute Gasteiger partial charge is 0.254 e. The third kappa shape index (κ3) is 5.37. The summed E-state index contributed by atoms with van der Waals surface area (Å²) in [6.45, 7) is 0.982. The van der Waals surface area contributed by atoms with Gasteiger partial charge in [-0.05, 0) is 37.1 Å². The first-order valence-corrected chi connectivity index (χ1v) is 10.7. The number of nitrogens with one attached hydrogen (secondary N) is 2. The number of carbonyl (C=O) groups excluding carboxylic acids is 4. The number of hydrogen-bond acceptors (Lipinski definition) is 6. The number of amides is 4. The third-order valence-electron chi connectivity index (χ3n) is 5.79. The Bertz CT molecular complexity index is 857. The van der Waals surface area contributed by atoms with Crippen LogP contribution in [0.25, 0.3) is 0 Å². The average molecular weight is 446 g/mol. The van der Waals surface area contributed by atoms with E-state index in [1.807, 2.05) is 31.1 Å². The number of hydrogen-bond donors (Lipinski definition) is 2. The van der Waals surface area contributed by atoms with Gasteiger partial charge in [0, 0.05) is 52.1 Å². The number of anilines is 1. The van der Waals surface area contributed by atoms with Gasteiger partial charge in [0.25, 0.3) is 5.91 Å². The molecule has 0 aromatic heterocycles. The molecule has 3 rings (SSSR count). The minimum absolute atomic E-state index is 0.0455. The summed E-state index contributed by atoms with van der Waals surface area (Å²) in [6, 6.07) is 5.68. The van der Waals surface area contributed by atoms with Crippen molar-refractivity contribution in [1.82, 2.24) is 20.4 Å². The summed E-state index contributed by atoms with van der Waals surface area (Å²) >= 11 is 0. The van der Waals surface area contributed by atoms with Gasteiger partial charge in [0.2, 0.25) is 17.7 Å². The molecule has 10 heteroatoms. The molecule has 32 heavy (non-hydrogen) atoms. The summed E-state index contributed by atoms with van der Waals surface area (Å²) in [4.78, 5) is 55.7. The zero-order valence-electron chi connectivity index (χ0n) is 18.8. The van der Waals surface area contributed by atoms with Crippen molar-refractivity contribution in [3.63, 3.8) is 0 Å². The summed E-state index contributed by atoms with van der Waals surface area (Å²) in [5.74, 6) is -1.22. The average Bonchev–Trinajstić information content (AvgIpc) is 2.80. The molecule has 0 bridgehead atoms. The number of benzene rings is 1. The molecular formula is C22H31N5O5. The lowest BCUT2D eigenvalue weighted by atomic mass is 10.0. The molecule has 4 amide bonds. The molecule has 0 aliphatic carbocycles. The van der Waals surface area contributed by atoms with E-state index in [-0.39, 0.29) is 37.4 Å². The van der Waals surface area contributed by atoms with E-state index in [0.717, 1.165) is 12.1 Å². The molecule has 2 aliphatic rings. The zero-order valence-corrected chi connectivity index (χ0v) is 18.8. The normalized spacial score (nSPS) is 21.0. The van der Waals surface area contributed by atoms with Gasteiger partial charge in [-0.1, -0.05) is 0 Å². The third-order valence-corrected chi connectivity index (χ3v) is 5.79. The maximum absolute atomic E-state index is 13.1. The van der Waals surface area contributed by atoms with E-state index < -0.39 is 18.0 Å². The molecule has 174 valence electrons. The highest BCUT2D eigenvalue weighted by Crippen LogP contribution is 2.18. The van der Waals surface area contributed by atoms with Crippen LogP contribution in [-0.4, -0.2) is 99.5 Å². The Hall–Kier alpha value is -3.14. The molecule has 2 fully saturated rings. The number of piperidine rings is 1. The van der Waals surface area contributed by atoms with Gasteiger partial charge in [0.05, 0.1) is 6.54 Å². The van der Waals surface area contributed by atoms with Crippen LogP contribution in [0.15, 0.2) is 24.3 Å². The van der Waals surface area contributed by atoms with Crippen LogP contribution in [0.1, 0.15) is 23.2 Å². The van der Waals surface area contributed by atoms with Crippen LogP contribution in [0.4, 0.5) is 5.69 Å². The molecule has 10 nitrogen and oxygen atoms in total. The largest absolute Gasteiger partial charge is 0.378 e. The van der Waals surface area contributed by atoms with Crippen LogP contribution < -0.4 is 15.5 Å². The van der Waals surface area contributed by atoms with Crippen LogP contribution in [0.5, 0.6) is 0 Å². The van der Waals surface area contributed by atoms with Crippen molar-refractivity contribution in [1.29, 1.82) is 0 Å². The number of piperazine rings is 1. The molecule has 0 unspecified atom stereocenters. The Balaban J connectivity index is 1.75. The quantitative estimate of drug-likeness (QED) is 0.608. The van der Waals surface area contributed by atoms with Crippen molar-refractivity contribution in [2.45, 2.75) is 24.9 Å². The first-order valence-electron chi connectivity index (χ1n) is 10.7. The minimum atomic E-state index is -0.897. The fourth-order valence-corrected chi connectivity index (χ4v) is 3.96. The first-order chi connectivity index (χ1) is 15.3. The monoisotopic (exact) mass is 445 g/mol. The highest BCUT2D eigenvalue weighted by molar-refractivity contribution is 5.97. The van der Waals surface area contributed by atoms with Crippen molar-refractivity contribution < 1.29 is 23.9 Å². The number of carbonyl (C=O) groups is 4. The maximum atomic E-state index is 13.1. The maximum Gasteiger partial charge on any atom is 0.254 e. The van der Waals surface area contributed by atoms with Gasteiger partial charge in [-0.2, -0.15) is 0 Å². The SMILES string of the molecule is COCC(=O)N1CCN(C(=O)c2ccc(N(C)C)cc2)C[C@H]1C(=O)N[C@H]1CCCNC1=O. The Morgan fingerprint density at radius 2 is 1.91 bits per heavy atom. The van der Waals surface area contributed by atoms with Gasteiger partial charge in [0.1, 0.15) is 18.7 Å². The van der Waals surface area contributed by atoms with E-state index in [0.29, 0.717) is 25.1 Å². The van der Waals surface area contributed by atoms with Gasteiger partial charge in [0.15, 0.2) is 0 Å². The fraction of sp³-hybridized carbons (Fsp3) is 0.545. The predicted octanol–water partition coefficient (Wildman–Crippen LogP) is -0.553. The number of rotatable bonds is 6. The van der Waals surface area contributed by atoms with Crippen LogP contribution in [-0.2, 0) is 19.1 Å². The van der Waals surface area contributed by atoms with Crippen molar-refractivity contribution >= 4 is 29.3 Å². The number of nitrogens with zero attached hydrogens (tertiary/aromatic N) is 3. The topological polar surface area (TPSA) is 111 Å². The van der Waals surface area contributed by atoms with Gasteiger partial charge in [-0.3, -0.25) is 19.2 Å². The molecule has 0 saturated carbocycles. The molecule has 2 heterocycles. The van der Waals surface area contributed by atoms with Gasteiger partial charge >= 0.3 is 0 Å². The molecule has 0 spiro atoms. The Morgan fingerprint density at radius 1 is 1.19 bits per heavy atom. The predicted molar refractivity (Wildman–Crippen MR) is 118 cm³/mol. The van der Waals surface area contributed by atoms with Crippen molar-refractivity contribution in [2.24, 2.45) is 0 Å². The summed E-state index contributed by atoms with van der Waals surface area (Å²) < 4.78 is 4.95. The van der Waals surface area contributed by atoms with Gasteiger partial charge in [-0.15, -0.1) is 0 Å². The van der Waals surface area contributed by atoms with Crippen molar-refractivity contribution in [3.8, 4) is 0 Å². The van der Waals surface area contributed by atoms with E-state index >= 15 is 0 Å². The molecule has 0 radical (unpaired) electrons. The highest BCUT2D eigenvalue weighted by Gasteiger charge is 2.38. The standard InChI is InChI=1S/C22H31N5O5/c1-25(2)16-8-6-15(7-9-16)22(31)26-11-12-27(19(28)14-32-3)18(13-26)21(30)24-17-5-4-10-23-20(17)29/h6-9,17-18H,4-5,10-14H2,1-3H3,(H,23,29)(H,24,30)/t17-,18-/m0/s1. The summed E-state index contributed by atoms with van der Waals surface area (Å²) in [5.41, 5.74) is 1.48. The Labute approximate surface area is 187 Å². The second-order valence-corrected chi connectivity index (χ2v) is 8.22. The zero-order chi connectivity index (χ0) is 23.3. The molecule has 2 N–H and O–H groups in total. The molecule has 1 aromatic carbocycles. The molecular weight excluding hydrogens is 414 g/mol. The summed E-state index contributed by atoms with van der Waals surface area (Å²) in [5, 5.41) is 5.49. The van der Waals surface area contributed by atoms with E-state index in [9.17, 15) is 19.2 Å². The molecule has 1 aromatic rings. The van der Waals surface area contributed by atoms with E-state index in [4.69, 9.17) is 4.74 Å². The Kier molecular flexibility index (Phi) is 7.68. The lowest BCUT2D eigenvalue weighted by Crippen LogP contribution is -2.64. The first kappa shape index (κ1) is 23.5. The minimum Gasteiger partial charge on any atom is -0.378 e. The van der Waals surface area contributed by atoms with E-state index in [1.165, 1.54) is 12.0 Å². The number of ether oxygens (including phenoxy) is 1. The second kappa shape index (κ2) is 10.4. The summed E-state index contributed by atoms with van der Waals surface area (Å²) in [6.07, 6.45) is 1.30. The van der Waals surface area contributed by atoms with E-state index in [2.05, 4.69) is 10.6 Å². The van der Waals surface area contributed by atoms with Crippen LogP contribution >= 0.6 is 0 Å². The van der Waals surface area contributed by atoms with Crippen LogP contribution in [0, 0.1) is 0 Å². The molecule has 2 aliphatic heterocycles. The number of methoxy groups -OCH3 is 1. The fourth-order valence-electron chi connectivity index (χ4n) is 3.96. The molecule has 2 atom stereocenters. The lowest BCUT2D eigenvalue weighted by Gasteiger charge is -2.41. The van der Waals surface area contributed by atoms with Crippen molar-refractivity contribution in [3.05, 3.63) is 29.8 Å². The van der Waals surface area contributed by atoms with Crippen LogP contribution in [0.3, 0.4) is 0 Å². The molecule has 2 saturated heterocycles. The van der Waals surface area contributed by atoms with E-state index in [1.54, 1.807) is 17.0 Å². The second-order valence-electron chi connectivity index (χ2n) is 8.22.